The van der Waals surface area contributed by atoms with Crippen molar-refractivity contribution in [2.45, 2.75) is 32.5 Å². The fourth-order valence-electron chi connectivity index (χ4n) is 1.44. The maximum Gasteiger partial charge on any atom is 0.339 e. The Morgan fingerprint density at radius 3 is 2.71 bits per heavy atom. The summed E-state index contributed by atoms with van der Waals surface area (Å²) in [6.07, 6.45) is -1.36. The van der Waals surface area contributed by atoms with Crippen LogP contribution in [0.5, 0.6) is 0 Å². The molecule has 1 unspecified atom stereocenters. The van der Waals surface area contributed by atoms with Crippen LogP contribution in [-0.2, 0) is 15.2 Å². The molecule has 1 aromatic carbocycles. The lowest BCUT2D eigenvalue weighted by molar-refractivity contribution is -0.153. The van der Waals surface area contributed by atoms with Gasteiger partial charge in [0.1, 0.15) is 5.67 Å². The zero-order valence-corrected chi connectivity index (χ0v) is 10.2. The van der Waals surface area contributed by atoms with E-state index in [0.717, 1.165) is 0 Å². The van der Waals surface area contributed by atoms with Gasteiger partial charge in [0.25, 0.3) is 0 Å². The van der Waals surface area contributed by atoms with Gasteiger partial charge >= 0.3 is 5.97 Å². The van der Waals surface area contributed by atoms with E-state index in [9.17, 15) is 14.3 Å². The van der Waals surface area contributed by atoms with E-state index in [1.54, 1.807) is 25.1 Å². The Hall–Kier alpha value is -1.42. The Morgan fingerprint density at radius 2 is 2.18 bits per heavy atom. The summed E-state index contributed by atoms with van der Waals surface area (Å²) in [7, 11) is 0. The van der Waals surface area contributed by atoms with Crippen molar-refractivity contribution in [3.8, 4) is 0 Å². The van der Waals surface area contributed by atoms with E-state index >= 15 is 0 Å². The summed E-state index contributed by atoms with van der Waals surface area (Å²) in [5.74, 6) is -0.721. The quantitative estimate of drug-likeness (QED) is 0.822. The standard InChI is InChI=1S/C13H17FO3/c1-4-17-12(16)11(15)9-6-5-7-10(8-9)13(2,3)14/h5-8,11,15H,4H2,1-3H3. The van der Waals surface area contributed by atoms with Crippen LogP contribution in [0.1, 0.15) is 38.0 Å². The minimum atomic E-state index is -1.51. The zero-order chi connectivity index (χ0) is 13.1. The highest BCUT2D eigenvalue weighted by Gasteiger charge is 2.23. The van der Waals surface area contributed by atoms with E-state index in [-0.39, 0.29) is 6.61 Å². The summed E-state index contributed by atoms with van der Waals surface area (Å²) in [5, 5.41) is 9.71. The third-order valence-corrected chi connectivity index (χ3v) is 2.40. The molecule has 0 saturated heterocycles. The highest BCUT2D eigenvalue weighted by molar-refractivity contribution is 5.76. The SMILES string of the molecule is CCOC(=O)C(O)c1cccc(C(C)(C)F)c1. The van der Waals surface area contributed by atoms with Gasteiger partial charge in [-0.1, -0.05) is 18.2 Å². The van der Waals surface area contributed by atoms with Gasteiger partial charge < -0.3 is 9.84 Å². The summed E-state index contributed by atoms with van der Waals surface area (Å²) in [4.78, 5) is 11.3. The third kappa shape index (κ3) is 3.53. The van der Waals surface area contributed by atoms with E-state index < -0.39 is 17.7 Å². The molecule has 0 radical (unpaired) electrons. The molecule has 0 heterocycles. The minimum absolute atomic E-state index is 0.199. The number of halogens is 1. The minimum Gasteiger partial charge on any atom is -0.464 e. The van der Waals surface area contributed by atoms with Crippen LogP contribution in [0, 0.1) is 0 Å². The summed E-state index contributed by atoms with van der Waals surface area (Å²) >= 11 is 0. The van der Waals surface area contributed by atoms with Gasteiger partial charge in [0, 0.05) is 0 Å². The first kappa shape index (κ1) is 13.6. The molecule has 0 aromatic heterocycles. The Balaban J connectivity index is 2.96. The van der Waals surface area contributed by atoms with Crippen molar-refractivity contribution in [3.63, 3.8) is 0 Å². The van der Waals surface area contributed by atoms with Crippen LogP contribution in [0.25, 0.3) is 0 Å². The maximum atomic E-state index is 13.7. The molecule has 1 atom stereocenters. The number of hydrogen-bond acceptors (Lipinski definition) is 3. The molecule has 4 heteroatoms. The molecule has 0 spiro atoms. The molecule has 0 amide bonds. The molecule has 17 heavy (non-hydrogen) atoms. The molecule has 1 rings (SSSR count). The molecule has 0 aliphatic rings. The number of benzene rings is 1. The highest BCUT2D eigenvalue weighted by Crippen LogP contribution is 2.27. The highest BCUT2D eigenvalue weighted by atomic mass is 19.1. The molecule has 3 nitrogen and oxygen atoms in total. The van der Waals surface area contributed by atoms with Crippen molar-refractivity contribution in [3.05, 3.63) is 35.4 Å². The summed E-state index contributed by atoms with van der Waals surface area (Å²) in [5.41, 5.74) is -0.755. The van der Waals surface area contributed by atoms with Gasteiger partial charge in [-0.25, -0.2) is 9.18 Å². The second-order valence-electron chi connectivity index (χ2n) is 4.25. The van der Waals surface area contributed by atoms with E-state index in [1.165, 1.54) is 19.9 Å². The Labute approximate surface area is 100 Å². The van der Waals surface area contributed by atoms with Gasteiger partial charge in [-0.05, 0) is 38.0 Å². The average Bonchev–Trinajstić information content (AvgIpc) is 2.27. The maximum absolute atomic E-state index is 13.7. The van der Waals surface area contributed by atoms with Crippen molar-refractivity contribution in [2.75, 3.05) is 6.61 Å². The van der Waals surface area contributed by atoms with Gasteiger partial charge in [-0.2, -0.15) is 0 Å². The van der Waals surface area contributed by atoms with Gasteiger partial charge in [0.05, 0.1) is 6.61 Å². The number of aliphatic hydroxyl groups excluding tert-OH is 1. The van der Waals surface area contributed by atoms with Gasteiger partial charge in [0.15, 0.2) is 6.10 Å². The predicted molar refractivity (Wildman–Crippen MR) is 62.2 cm³/mol. The number of rotatable bonds is 4. The average molecular weight is 240 g/mol. The van der Waals surface area contributed by atoms with E-state index in [4.69, 9.17) is 4.74 Å². The predicted octanol–water partition coefficient (Wildman–Crippen LogP) is 2.49. The second kappa shape index (κ2) is 5.27. The van der Waals surface area contributed by atoms with E-state index in [2.05, 4.69) is 0 Å². The molecule has 0 saturated carbocycles. The van der Waals surface area contributed by atoms with Crippen molar-refractivity contribution >= 4 is 5.97 Å². The normalized spacial score (nSPS) is 13.2. The monoisotopic (exact) mass is 240 g/mol. The Morgan fingerprint density at radius 1 is 1.53 bits per heavy atom. The summed E-state index contributed by atoms with van der Waals surface area (Å²) < 4.78 is 18.4. The largest absolute Gasteiger partial charge is 0.464 e. The van der Waals surface area contributed by atoms with E-state index in [0.29, 0.717) is 11.1 Å². The van der Waals surface area contributed by atoms with Crippen molar-refractivity contribution in [2.24, 2.45) is 0 Å². The molecule has 0 aliphatic carbocycles. The smallest absolute Gasteiger partial charge is 0.339 e. The fourth-order valence-corrected chi connectivity index (χ4v) is 1.44. The lowest BCUT2D eigenvalue weighted by atomic mass is 9.96. The third-order valence-electron chi connectivity index (χ3n) is 2.40. The first-order chi connectivity index (χ1) is 7.86. The first-order valence-electron chi connectivity index (χ1n) is 5.50. The number of esters is 1. The first-order valence-corrected chi connectivity index (χ1v) is 5.50. The van der Waals surface area contributed by atoms with Crippen LogP contribution in [0.15, 0.2) is 24.3 Å². The van der Waals surface area contributed by atoms with E-state index in [1.807, 2.05) is 0 Å². The van der Waals surface area contributed by atoms with Crippen molar-refractivity contribution in [1.82, 2.24) is 0 Å². The number of alkyl halides is 1. The summed E-state index contributed by atoms with van der Waals surface area (Å²) in [6.45, 7) is 4.70. The van der Waals surface area contributed by atoms with Gasteiger partial charge in [-0.3, -0.25) is 0 Å². The molecular weight excluding hydrogens is 223 g/mol. The number of ether oxygens (including phenoxy) is 1. The van der Waals surface area contributed by atoms with Crippen LogP contribution in [0.2, 0.25) is 0 Å². The number of hydrogen-bond donors (Lipinski definition) is 1. The van der Waals surface area contributed by atoms with Gasteiger partial charge in [-0.15, -0.1) is 0 Å². The molecule has 0 bridgehead atoms. The Kier molecular flexibility index (Phi) is 4.23. The van der Waals surface area contributed by atoms with Crippen LogP contribution < -0.4 is 0 Å². The number of aliphatic hydroxyl groups is 1. The van der Waals surface area contributed by atoms with Crippen LogP contribution in [-0.4, -0.2) is 17.7 Å². The lowest BCUT2D eigenvalue weighted by Gasteiger charge is -2.17. The lowest BCUT2D eigenvalue weighted by Crippen LogP contribution is -2.16. The zero-order valence-electron chi connectivity index (χ0n) is 10.2. The molecule has 94 valence electrons. The molecule has 1 aromatic rings. The summed E-state index contributed by atoms with van der Waals surface area (Å²) in [6, 6.07) is 6.26. The van der Waals surface area contributed by atoms with Crippen LogP contribution in [0.3, 0.4) is 0 Å². The number of carbonyl (C=O) groups excluding carboxylic acids is 1. The Bertz CT molecular complexity index is 396. The fraction of sp³-hybridized carbons (Fsp3) is 0.462. The van der Waals surface area contributed by atoms with Crippen LogP contribution in [0.4, 0.5) is 4.39 Å². The van der Waals surface area contributed by atoms with Crippen molar-refractivity contribution < 1.29 is 19.0 Å². The van der Waals surface area contributed by atoms with Gasteiger partial charge in [0.2, 0.25) is 0 Å². The van der Waals surface area contributed by atoms with Crippen molar-refractivity contribution in [1.29, 1.82) is 0 Å². The molecule has 1 N–H and O–H groups in total. The second-order valence-corrected chi connectivity index (χ2v) is 4.25. The topological polar surface area (TPSA) is 46.5 Å². The molecule has 0 fully saturated rings. The number of carbonyl (C=O) groups is 1. The van der Waals surface area contributed by atoms with Crippen LogP contribution >= 0.6 is 0 Å². The molecule has 0 aliphatic heterocycles. The molecular formula is C13H17FO3.